The number of carbonyl (C=O) groups is 2. The van der Waals surface area contributed by atoms with Crippen LogP contribution in [0.1, 0.15) is 52.1 Å². The second-order valence-corrected chi connectivity index (χ2v) is 7.35. The van der Waals surface area contributed by atoms with Crippen molar-refractivity contribution in [1.82, 2.24) is 5.32 Å². The first-order valence-corrected chi connectivity index (χ1v) is 9.93. The number of amides is 2. The molecule has 0 saturated heterocycles. The molecule has 2 amide bonds. The van der Waals surface area contributed by atoms with Crippen molar-refractivity contribution in [3.63, 3.8) is 0 Å². The molecule has 0 spiro atoms. The lowest BCUT2D eigenvalue weighted by atomic mass is 10.0. The molecule has 0 bridgehead atoms. The van der Waals surface area contributed by atoms with E-state index < -0.39 is 0 Å². The van der Waals surface area contributed by atoms with Crippen LogP contribution in [0.4, 0.5) is 11.4 Å². The van der Waals surface area contributed by atoms with Crippen LogP contribution in [0.15, 0.2) is 54.6 Å². The van der Waals surface area contributed by atoms with Crippen LogP contribution in [0.2, 0.25) is 0 Å². The third kappa shape index (κ3) is 6.41. The third-order valence-electron chi connectivity index (χ3n) is 4.55. The van der Waals surface area contributed by atoms with Gasteiger partial charge in [0.1, 0.15) is 6.04 Å². The van der Waals surface area contributed by atoms with E-state index in [4.69, 9.17) is 0 Å². The van der Waals surface area contributed by atoms with E-state index in [0.29, 0.717) is 0 Å². The van der Waals surface area contributed by atoms with Crippen LogP contribution in [0, 0.1) is 5.92 Å². The zero-order valence-corrected chi connectivity index (χ0v) is 17.2. The van der Waals surface area contributed by atoms with Gasteiger partial charge in [0.05, 0.1) is 6.04 Å². The molecular formula is C23H31N3O2. The van der Waals surface area contributed by atoms with E-state index in [1.165, 1.54) is 0 Å². The molecule has 0 heterocycles. The summed E-state index contributed by atoms with van der Waals surface area (Å²) in [6, 6.07) is 17.1. The van der Waals surface area contributed by atoms with Gasteiger partial charge in [-0.1, -0.05) is 57.5 Å². The molecule has 0 radical (unpaired) electrons. The maximum atomic E-state index is 12.7. The van der Waals surface area contributed by atoms with Crippen molar-refractivity contribution in [2.45, 2.75) is 52.6 Å². The van der Waals surface area contributed by atoms with Gasteiger partial charge in [-0.25, -0.2) is 0 Å². The average molecular weight is 382 g/mol. The quantitative estimate of drug-likeness (QED) is 0.588. The highest BCUT2D eigenvalue weighted by molar-refractivity contribution is 5.92. The Hall–Kier alpha value is -2.82. The van der Waals surface area contributed by atoms with E-state index in [9.17, 15) is 9.59 Å². The Morgan fingerprint density at radius 1 is 0.857 bits per heavy atom. The van der Waals surface area contributed by atoms with Crippen LogP contribution in [0.5, 0.6) is 0 Å². The average Bonchev–Trinajstić information content (AvgIpc) is 2.69. The van der Waals surface area contributed by atoms with Crippen molar-refractivity contribution in [3.05, 3.63) is 60.2 Å². The Labute approximate surface area is 167 Å². The summed E-state index contributed by atoms with van der Waals surface area (Å²) in [4.78, 5) is 24.4. The SMILES string of the molecule is CCCC(NC(=O)C(C)Nc1ccc(NC(=O)C(C)C)cc1)c1ccccc1. The number of rotatable bonds is 9. The number of nitrogens with one attached hydrogen (secondary N) is 3. The summed E-state index contributed by atoms with van der Waals surface area (Å²) in [7, 11) is 0. The molecule has 0 aliphatic rings. The van der Waals surface area contributed by atoms with Gasteiger partial charge in [0.2, 0.25) is 11.8 Å². The van der Waals surface area contributed by atoms with E-state index in [1.807, 2.05) is 75.4 Å². The maximum absolute atomic E-state index is 12.7. The molecule has 0 aliphatic heterocycles. The molecule has 0 aromatic heterocycles. The van der Waals surface area contributed by atoms with Crippen molar-refractivity contribution >= 4 is 23.2 Å². The zero-order chi connectivity index (χ0) is 20.5. The van der Waals surface area contributed by atoms with E-state index >= 15 is 0 Å². The molecule has 5 nitrogen and oxygen atoms in total. The first kappa shape index (κ1) is 21.5. The summed E-state index contributed by atoms with van der Waals surface area (Å²) in [5.74, 6) is -0.127. The Morgan fingerprint density at radius 2 is 1.46 bits per heavy atom. The van der Waals surface area contributed by atoms with Crippen LogP contribution < -0.4 is 16.0 Å². The largest absolute Gasteiger partial charge is 0.374 e. The van der Waals surface area contributed by atoms with Crippen LogP contribution in [0.3, 0.4) is 0 Å². The topological polar surface area (TPSA) is 70.2 Å². The van der Waals surface area contributed by atoms with Gasteiger partial charge in [-0.05, 0) is 43.2 Å². The van der Waals surface area contributed by atoms with Crippen molar-refractivity contribution in [2.75, 3.05) is 10.6 Å². The predicted octanol–water partition coefficient (Wildman–Crippen LogP) is 4.74. The fraction of sp³-hybridized carbons (Fsp3) is 0.391. The predicted molar refractivity (Wildman–Crippen MR) is 115 cm³/mol. The molecule has 5 heteroatoms. The van der Waals surface area contributed by atoms with E-state index in [0.717, 1.165) is 29.8 Å². The van der Waals surface area contributed by atoms with Crippen molar-refractivity contribution in [1.29, 1.82) is 0 Å². The summed E-state index contributed by atoms with van der Waals surface area (Å²) >= 11 is 0. The lowest BCUT2D eigenvalue weighted by Gasteiger charge is -2.22. The van der Waals surface area contributed by atoms with E-state index in [1.54, 1.807) is 0 Å². The van der Waals surface area contributed by atoms with Crippen molar-refractivity contribution in [2.24, 2.45) is 5.92 Å². The summed E-state index contributed by atoms with van der Waals surface area (Å²) in [5, 5.41) is 9.22. The number of anilines is 2. The molecule has 0 aliphatic carbocycles. The van der Waals surface area contributed by atoms with Gasteiger partial charge in [0.15, 0.2) is 0 Å². The Morgan fingerprint density at radius 3 is 2.04 bits per heavy atom. The first-order valence-electron chi connectivity index (χ1n) is 9.93. The highest BCUT2D eigenvalue weighted by Crippen LogP contribution is 2.19. The fourth-order valence-electron chi connectivity index (χ4n) is 2.84. The number of hydrogen-bond donors (Lipinski definition) is 3. The van der Waals surface area contributed by atoms with E-state index in [2.05, 4.69) is 22.9 Å². The normalized spacial score (nSPS) is 12.9. The minimum Gasteiger partial charge on any atom is -0.374 e. The molecule has 2 atom stereocenters. The molecular weight excluding hydrogens is 350 g/mol. The lowest BCUT2D eigenvalue weighted by Crippen LogP contribution is -2.39. The summed E-state index contributed by atoms with van der Waals surface area (Å²) < 4.78 is 0. The molecule has 2 aromatic carbocycles. The second kappa shape index (κ2) is 10.5. The molecule has 28 heavy (non-hydrogen) atoms. The van der Waals surface area contributed by atoms with Crippen LogP contribution in [0.25, 0.3) is 0 Å². The lowest BCUT2D eigenvalue weighted by molar-refractivity contribution is -0.122. The summed E-state index contributed by atoms with van der Waals surface area (Å²) in [5.41, 5.74) is 2.69. The van der Waals surface area contributed by atoms with Gasteiger partial charge < -0.3 is 16.0 Å². The maximum Gasteiger partial charge on any atom is 0.242 e. The number of benzene rings is 2. The van der Waals surface area contributed by atoms with Gasteiger partial charge >= 0.3 is 0 Å². The molecule has 2 rings (SSSR count). The molecule has 3 N–H and O–H groups in total. The fourth-order valence-corrected chi connectivity index (χ4v) is 2.84. The van der Waals surface area contributed by atoms with Gasteiger partial charge in [0.25, 0.3) is 0 Å². The first-order chi connectivity index (χ1) is 13.4. The van der Waals surface area contributed by atoms with Crippen molar-refractivity contribution < 1.29 is 9.59 Å². The monoisotopic (exact) mass is 381 g/mol. The Balaban J connectivity index is 1.94. The number of hydrogen-bond acceptors (Lipinski definition) is 3. The standard InChI is InChI=1S/C23H31N3O2/c1-5-9-21(18-10-7-6-8-11-18)26-23(28)17(4)24-19-12-14-20(15-13-19)25-22(27)16(2)3/h6-8,10-17,21,24H,5,9H2,1-4H3,(H,25,27)(H,26,28). The highest BCUT2D eigenvalue weighted by Gasteiger charge is 2.18. The smallest absolute Gasteiger partial charge is 0.242 e. The van der Waals surface area contributed by atoms with Crippen molar-refractivity contribution in [3.8, 4) is 0 Å². The Bertz CT molecular complexity index is 757. The van der Waals surface area contributed by atoms with Crippen LogP contribution in [-0.4, -0.2) is 17.9 Å². The molecule has 150 valence electrons. The van der Waals surface area contributed by atoms with Gasteiger partial charge in [0, 0.05) is 17.3 Å². The van der Waals surface area contributed by atoms with Gasteiger partial charge in [-0.2, -0.15) is 0 Å². The molecule has 2 aromatic rings. The summed E-state index contributed by atoms with van der Waals surface area (Å²) in [6.07, 6.45) is 1.89. The van der Waals surface area contributed by atoms with Gasteiger partial charge in [-0.3, -0.25) is 9.59 Å². The molecule has 0 saturated carbocycles. The van der Waals surface area contributed by atoms with Crippen LogP contribution >= 0.6 is 0 Å². The van der Waals surface area contributed by atoms with E-state index in [-0.39, 0.29) is 29.8 Å². The Kier molecular flexibility index (Phi) is 8.05. The zero-order valence-electron chi connectivity index (χ0n) is 17.2. The van der Waals surface area contributed by atoms with Gasteiger partial charge in [-0.15, -0.1) is 0 Å². The minimum atomic E-state index is -0.376. The number of carbonyl (C=O) groups excluding carboxylic acids is 2. The molecule has 0 fully saturated rings. The summed E-state index contributed by atoms with van der Waals surface area (Å²) in [6.45, 7) is 7.67. The van der Waals surface area contributed by atoms with Crippen LogP contribution in [-0.2, 0) is 9.59 Å². The minimum absolute atomic E-state index is 0.0107. The third-order valence-corrected chi connectivity index (χ3v) is 4.55. The second-order valence-electron chi connectivity index (χ2n) is 7.35. The highest BCUT2D eigenvalue weighted by atomic mass is 16.2. The molecule has 2 unspecified atom stereocenters.